The number of unbranched alkanes of at least 4 members (excludes halogenated alkanes) is 5. The number of nitrogens with two attached hydrogens (primary N) is 1. The molecule has 2 nitrogen and oxygen atoms in total. The molecule has 0 aromatic heterocycles. The summed E-state index contributed by atoms with van der Waals surface area (Å²) in [6, 6.07) is 0. The van der Waals surface area contributed by atoms with Crippen molar-refractivity contribution >= 4 is 12.6 Å². The van der Waals surface area contributed by atoms with E-state index in [0.29, 0.717) is 0 Å². The molecule has 0 aliphatic carbocycles. The van der Waals surface area contributed by atoms with Gasteiger partial charge in [-0.15, -0.1) is 0 Å². The Morgan fingerprint density at radius 2 is 1.41 bits per heavy atom. The molecule has 0 spiro atoms. The molecule has 0 atom stereocenters. The molecule has 3 heteroatoms. The molecule has 1 saturated heterocycles. The molecule has 0 aromatic rings. The Kier molecular flexibility index (Phi) is 8.33. The monoisotopic (exact) mass is 259 g/mol. The van der Waals surface area contributed by atoms with Gasteiger partial charge < -0.3 is 10.2 Å². The van der Waals surface area contributed by atoms with E-state index in [4.69, 9.17) is 5.73 Å². The molecule has 17 heavy (non-hydrogen) atoms. The van der Waals surface area contributed by atoms with E-state index in [9.17, 15) is 0 Å². The van der Waals surface area contributed by atoms with Gasteiger partial charge in [0.2, 0.25) is 0 Å². The van der Waals surface area contributed by atoms with E-state index in [1.165, 1.54) is 82.0 Å². The van der Waals surface area contributed by atoms with Crippen LogP contribution in [0, 0.1) is 0 Å². The van der Waals surface area contributed by atoms with Crippen LogP contribution in [0.1, 0.15) is 51.4 Å². The highest BCUT2D eigenvalue weighted by Gasteiger charge is 2.30. The molecule has 2 N–H and O–H groups in total. The molecule has 0 aromatic carbocycles. The minimum atomic E-state index is 0.863. The van der Waals surface area contributed by atoms with Gasteiger partial charge in [-0.1, -0.05) is 19.3 Å². The maximum Gasteiger partial charge on any atom is 0.0876 e. The third kappa shape index (κ3) is 6.12. The summed E-state index contributed by atoms with van der Waals surface area (Å²) in [5.41, 5.74) is 5.49. The van der Waals surface area contributed by atoms with Crippen molar-refractivity contribution in [1.29, 1.82) is 0 Å². The van der Waals surface area contributed by atoms with Crippen molar-refractivity contribution < 1.29 is 4.48 Å². The molecule has 1 aliphatic rings. The predicted octanol–water partition coefficient (Wildman–Crippen LogP) is 2.83. The van der Waals surface area contributed by atoms with E-state index in [1.807, 2.05) is 0 Å². The van der Waals surface area contributed by atoms with Gasteiger partial charge >= 0.3 is 0 Å². The molecule has 0 unspecified atom stereocenters. The van der Waals surface area contributed by atoms with E-state index in [2.05, 4.69) is 12.6 Å². The summed E-state index contributed by atoms with van der Waals surface area (Å²) in [7, 11) is 0. The predicted molar refractivity (Wildman–Crippen MR) is 79.6 cm³/mol. The number of thiol groups is 1. The molecule has 102 valence electrons. The zero-order valence-corrected chi connectivity index (χ0v) is 12.3. The first-order valence-corrected chi connectivity index (χ1v) is 8.12. The summed E-state index contributed by atoms with van der Waals surface area (Å²) in [4.78, 5) is 0. The van der Waals surface area contributed by atoms with Crippen LogP contribution in [0.5, 0.6) is 0 Å². The van der Waals surface area contributed by atoms with Gasteiger partial charge in [0.1, 0.15) is 0 Å². The van der Waals surface area contributed by atoms with Crippen LogP contribution < -0.4 is 5.73 Å². The zero-order valence-electron chi connectivity index (χ0n) is 11.4. The normalized spacial score (nSPS) is 18.7. The zero-order chi connectivity index (χ0) is 12.4. The van der Waals surface area contributed by atoms with E-state index >= 15 is 0 Å². The molecule has 1 aliphatic heterocycles. The lowest BCUT2D eigenvalue weighted by Crippen LogP contribution is -2.47. The highest BCUT2D eigenvalue weighted by atomic mass is 32.1. The average Bonchev–Trinajstić information content (AvgIpc) is 2.77. The Morgan fingerprint density at radius 1 is 0.824 bits per heavy atom. The second-order valence-corrected chi connectivity index (χ2v) is 6.02. The summed E-state index contributed by atoms with van der Waals surface area (Å²) in [5, 5.41) is 0. The van der Waals surface area contributed by atoms with Crippen LogP contribution >= 0.6 is 12.6 Å². The average molecular weight is 259 g/mol. The Morgan fingerprint density at radius 3 is 2.00 bits per heavy atom. The van der Waals surface area contributed by atoms with E-state index in [-0.39, 0.29) is 0 Å². The number of nitrogens with zero attached hydrogens (tertiary/aromatic N) is 1. The quantitative estimate of drug-likeness (QED) is 0.352. The third-order valence-electron chi connectivity index (χ3n) is 4.18. The molecular weight excluding hydrogens is 228 g/mol. The Labute approximate surface area is 113 Å². The fraction of sp³-hybridized carbons (Fsp3) is 1.00. The van der Waals surface area contributed by atoms with Crippen LogP contribution in [0.2, 0.25) is 0 Å². The maximum atomic E-state index is 5.49. The Balaban J connectivity index is 2.03. The minimum absolute atomic E-state index is 0.863. The molecule has 0 saturated carbocycles. The molecule has 0 bridgehead atoms. The van der Waals surface area contributed by atoms with Crippen LogP contribution in [0.15, 0.2) is 0 Å². The molecule has 1 fully saturated rings. The van der Waals surface area contributed by atoms with Gasteiger partial charge in [0.25, 0.3) is 0 Å². The SMILES string of the molecule is NCCCCCCCC[N+]1(CCS)CCCC1. The van der Waals surface area contributed by atoms with Crippen LogP contribution in [0.4, 0.5) is 0 Å². The van der Waals surface area contributed by atoms with E-state index in [1.54, 1.807) is 0 Å². The Hall–Kier alpha value is 0.270. The van der Waals surface area contributed by atoms with Gasteiger partial charge in [-0.25, -0.2) is 0 Å². The third-order valence-corrected chi connectivity index (χ3v) is 4.38. The van der Waals surface area contributed by atoms with Crippen LogP contribution in [-0.2, 0) is 0 Å². The first-order valence-electron chi connectivity index (χ1n) is 7.49. The fourth-order valence-electron chi connectivity index (χ4n) is 3.08. The number of likely N-dealkylation sites (tertiary alicyclic amines) is 1. The van der Waals surface area contributed by atoms with Crippen LogP contribution in [0.25, 0.3) is 0 Å². The highest BCUT2D eigenvalue weighted by Crippen LogP contribution is 2.21. The van der Waals surface area contributed by atoms with Crippen molar-refractivity contribution in [3.8, 4) is 0 Å². The number of quaternary nitrogens is 1. The van der Waals surface area contributed by atoms with E-state index in [0.717, 1.165) is 12.3 Å². The molecule has 0 radical (unpaired) electrons. The number of hydrogen-bond acceptors (Lipinski definition) is 2. The second-order valence-electron chi connectivity index (χ2n) is 5.58. The molecule has 1 rings (SSSR count). The number of hydrogen-bond donors (Lipinski definition) is 2. The lowest BCUT2D eigenvalue weighted by molar-refractivity contribution is -0.914. The standard InChI is InChI=1S/C14H30N2S/c15-9-5-3-1-2-4-6-10-16(13-14-17)11-7-8-12-16/h1-15H2/p+1. The fourth-order valence-corrected chi connectivity index (χ4v) is 3.50. The van der Waals surface area contributed by atoms with Crippen molar-refractivity contribution in [3.05, 3.63) is 0 Å². The van der Waals surface area contributed by atoms with Gasteiger partial charge in [0, 0.05) is 18.6 Å². The van der Waals surface area contributed by atoms with Crippen molar-refractivity contribution in [1.82, 2.24) is 0 Å². The summed E-state index contributed by atoms with van der Waals surface area (Å²) in [6.07, 6.45) is 11.0. The van der Waals surface area contributed by atoms with Gasteiger partial charge in [-0.05, 0) is 25.8 Å². The van der Waals surface area contributed by atoms with Gasteiger partial charge in [-0.3, -0.25) is 0 Å². The van der Waals surface area contributed by atoms with Crippen LogP contribution in [0.3, 0.4) is 0 Å². The molecule has 0 amide bonds. The minimum Gasteiger partial charge on any atom is -0.330 e. The van der Waals surface area contributed by atoms with Gasteiger partial charge in [-0.2, -0.15) is 12.6 Å². The summed E-state index contributed by atoms with van der Waals surface area (Å²) in [6.45, 7) is 6.37. The smallest absolute Gasteiger partial charge is 0.0876 e. The topological polar surface area (TPSA) is 26.0 Å². The van der Waals surface area contributed by atoms with Gasteiger partial charge in [0.05, 0.1) is 26.2 Å². The van der Waals surface area contributed by atoms with Gasteiger partial charge in [0.15, 0.2) is 0 Å². The lowest BCUT2D eigenvalue weighted by atomic mass is 10.1. The summed E-state index contributed by atoms with van der Waals surface area (Å²) in [5.74, 6) is 1.05. The van der Waals surface area contributed by atoms with Crippen molar-refractivity contribution in [2.75, 3.05) is 38.5 Å². The summed E-state index contributed by atoms with van der Waals surface area (Å²) >= 11 is 4.42. The number of rotatable bonds is 10. The van der Waals surface area contributed by atoms with Crippen molar-refractivity contribution in [2.45, 2.75) is 51.4 Å². The lowest BCUT2D eigenvalue weighted by Gasteiger charge is -2.34. The molecular formula is C14H31N2S+. The van der Waals surface area contributed by atoms with Crippen molar-refractivity contribution in [3.63, 3.8) is 0 Å². The van der Waals surface area contributed by atoms with Crippen molar-refractivity contribution in [2.24, 2.45) is 5.73 Å². The van der Waals surface area contributed by atoms with E-state index < -0.39 is 0 Å². The Bertz CT molecular complexity index is 179. The first-order chi connectivity index (χ1) is 8.33. The second kappa shape index (κ2) is 9.23. The van der Waals surface area contributed by atoms with Crippen LogP contribution in [-0.4, -0.2) is 43.0 Å². The maximum absolute atomic E-state index is 5.49. The summed E-state index contributed by atoms with van der Waals surface area (Å²) < 4.78 is 1.37. The largest absolute Gasteiger partial charge is 0.330 e. The first kappa shape index (κ1) is 15.3. The highest BCUT2D eigenvalue weighted by molar-refractivity contribution is 7.80. The molecule has 1 heterocycles.